The lowest BCUT2D eigenvalue weighted by atomic mass is 9.49. The topological polar surface area (TPSA) is 49.4 Å². The van der Waals surface area contributed by atoms with E-state index in [1.807, 2.05) is 0 Å². The van der Waals surface area contributed by atoms with E-state index in [2.05, 4.69) is 5.32 Å². The lowest BCUT2D eigenvalue weighted by Gasteiger charge is -2.56. The molecule has 0 radical (unpaired) electrons. The minimum atomic E-state index is -4.41. The van der Waals surface area contributed by atoms with Crippen LogP contribution in [0.5, 0.6) is 0 Å². The van der Waals surface area contributed by atoms with Crippen molar-refractivity contribution in [1.29, 1.82) is 0 Å². The van der Waals surface area contributed by atoms with Gasteiger partial charge in [0.2, 0.25) is 11.8 Å². The minimum absolute atomic E-state index is 0.145. The Bertz CT molecular complexity index is 814. The Morgan fingerprint density at radius 3 is 2.07 bits per heavy atom. The Morgan fingerprint density at radius 2 is 1.53 bits per heavy atom. The van der Waals surface area contributed by atoms with Gasteiger partial charge in [-0.3, -0.25) is 9.59 Å². The summed E-state index contributed by atoms with van der Waals surface area (Å²) < 4.78 is 38.2. The van der Waals surface area contributed by atoms with E-state index in [-0.39, 0.29) is 17.2 Å². The second-order valence-electron chi connectivity index (χ2n) is 9.92. The average molecular weight is 420 g/mol. The Balaban J connectivity index is 1.29. The molecular weight excluding hydrogens is 393 g/mol. The number of nitrogens with zero attached hydrogens (tertiary/aromatic N) is 1. The Morgan fingerprint density at radius 1 is 0.967 bits per heavy atom. The summed E-state index contributed by atoms with van der Waals surface area (Å²) in [4.78, 5) is 28.3. The minimum Gasteiger partial charge on any atom is -0.330 e. The first-order valence-electron chi connectivity index (χ1n) is 11.0. The maximum Gasteiger partial charge on any atom is 0.416 e. The van der Waals surface area contributed by atoms with Gasteiger partial charge in [-0.15, -0.1) is 0 Å². The van der Waals surface area contributed by atoms with Crippen molar-refractivity contribution in [2.24, 2.45) is 23.2 Å². The van der Waals surface area contributed by atoms with Gasteiger partial charge in [0.15, 0.2) is 0 Å². The summed E-state index contributed by atoms with van der Waals surface area (Å²) in [6, 6.07) is 3.92. The Kier molecular flexibility index (Phi) is 4.63. The molecule has 0 spiro atoms. The molecule has 5 aliphatic rings. The molecule has 1 aromatic rings. The normalized spacial score (nSPS) is 35.0. The van der Waals surface area contributed by atoms with Gasteiger partial charge in [-0.25, -0.2) is 0 Å². The van der Waals surface area contributed by atoms with Crippen LogP contribution in [-0.2, 0) is 15.8 Å². The molecular formula is C23H27F3N2O2. The fraction of sp³-hybridized carbons (Fsp3) is 0.652. The van der Waals surface area contributed by atoms with Crippen molar-refractivity contribution in [2.45, 2.75) is 63.6 Å². The van der Waals surface area contributed by atoms with Gasteiger partial charge >= 0.3 is 6.18 Å². The number of likely N-dealkylation sites (tertiary alicyclic amines) is 1. The number of alkyl halides is 3. The van der Waals surface area contributed by atoms with Gasteiger partial charge in [-0.2, -0.15) is 13.2 Å². The van der Waals surface area contributed by atoms with Crippen LogP contribution < -0.4 is 5.32 Å². The van der Waals surface area contributed by atoms with Gasteiger partial charge in [0.25, 0.3) is 0 Å². The largest absolute Gasteiger partial charge is 0.416 e. The molecule has 7 heteroatoms. The first kappa shape index (κ1) is 19.9. The van der Waals surface area contributed by atoms with Gasteiger partial charge in [0, 0.05) is 12.2 Å². The van der Waals surface area contributed by atoms with E-state index in [9.17, 15) is 22.8 Å². The van der Waals surface area contributed by atoms with E-state index in [0.717, 1.165) is 37.8 Å². The summed E-state index contributed by atoms with van der Waals surface area (Å²) in [6.45, 7) is 0.589. The third-order valence-electron chi connectivity index (χ3n) is 7.79. The molecule has 2 amide bonds. The third kappa shape index (κ3) is 3.40. The van der Waals surface area contributed by atoms with Crippen LogP contribution in [0.2, 0.25) is 0 Å². The highest BCUT2D eigenvalue weighted by molar-refractivity contribution is 5.98. The number of halogens is 3. The van der Waals surface area contributed by atoms with E-state index in [0.29, 0.717) is 36.4 Å². The highest BCUT2D eigenvalue weighted by Crippen LogP contribution is 2.60. The fourth-order valence-corrected chi connectivity index (χ4v) is 6.93. The number of anilines is 1. The maximum atomic E-state index is 13.6. The first-order valence-corrected chi connectivity index (χ1v) is 11.0. The summed E-state index contributed by atoms with van der Waals surface area (Å²) in [5.74, 6) is 1.81. The molecule has 4 saturated carbocycles. The van der Waals surface area contributed by atoms with E-state index in [1.54, 1.807) is 4.90 Å². The van der Waals surface area contributed by atoms with Gasteiger partial charge in [0.05, 0.1) is 11.0 Å². The number of carbonyl (C=O) groups excluding carboxylic acids is 2. The zero-order valence-corrected chi connectivity index (χ0v) is 16.9. The quantitative estimate of drug-likeness (QED) is 0.760. The molecule has 4 aliphatic carbocycles. The average Bonchev–Trinajstić information content (AvgIpc) is 3.16. The standard InChI is InChI=1S/C23H27F3N2O2/c24-23(25,26)17-3-5-18(6-4-17)27-20(29)19-2-1-7-28(19)21(30)22-11-14-8-15(12-22)10-16(9-14)13-22/h3-6,14-16,19H,1-2,7-13H2,(H,27,29)/t14?,15?,16?,19-,22?/m1/s1. The zero-order chi connectivity index (χ0) is 21.1. The van der Waals surface area contributed by atoms with Crippen LogP contribution in [-0.4, -0.2) is 29.3 Å². The lowest BCUT2D eigenvalue weighted by molar-refractivity contribution is -0.160. The molecule has 1 heterocycles. The van der Waals surface area contributed by atoms with E-state index >= 15 is 0 Å². The highest BCUT2D eigenvalue weighted by Gasteiger charge is 2.56. The summed E-state index contributed by atoms with van der Waals surface area (Å²) in [5.41, 5.74) is -0.714. The molecule has 4 bridgehead atoms. The number of benzene rings is 1. The smallest absolute Gasteiger partial charge is 0.330 e. The van der Waals surface area contributed by atoms with Crippen LogP contribution in [0, 0.1) is 23.2 Å². The molecule has 1 saturated heterocycles. The van der Waals surface area contributed by atoms with Crippen LogP contribution in [0.3, 0.4) is 0 Å². The van der Waals surface area contributed by atoms with Crippen molar-refractivity contribution in [3.63, 3.8) is 0 Å². The molecule has 6 rings (SSSR count). The van der Waals surface area contributed by atoms with E-state index < -0.39 is 17.8 Å². The number of nitrogens with one attached hydrogen (secondary N) is 1. The lowest BCUT2D eigenvalue weighted by Crippen LogP contribution is -2.56. The Hall–Kier alpha value is -2.05. The fourth-order valence-electron chi connectivity index (χ4n) is 6.93. The van der Waals surface area contributed by atoms with Crippen LogP contribution >= 0.6 is 0 Å². The number of hydrogen-bond donors (Lipinski definition) is 1. The van der Waals surface area contributed by atoms with Crippen molar-refractivity contribution in [1.82, 2.24) is 4.90 Å². The van der Waals surface area contributed by atoms with Crippen LogP contribution in [0.15, 0.2) is 24.3 Å². The van der Waals surface area contributed by atoms with Crippen molar-refractivity contribution in [2.75, 3.05) is 11.9 Å². The van der Waals surface area contributed by atoms with Crippen LogP contribution in [0.1, 0.15) is 56.9 Å². The highest BCUT2D eigenvalue weighted by atomic mass is 19.4. The number of carbonyl (C=O) groups is 2. The Labute approximate surface area is 174 Å². The summed E-state index contributed by atoms with van der Waals surface area (Å²) >= 11 is 0. The predicted octanol–water partition coefficient (Wildman–Crippen LogP) is 4.85. The molecule has 1 aliphatic heterocycles. The van der Waals surface area contributed by atoms with Crippen LogP contribution in [0.4, 0.5) is 18.9 Å². The SMILES string of the molecule is O=C(Nc1ccc(C(F)(F)F)cc1)[C@H]1CCCN1C(=O)C12CC3CC(CC(C3)C1)C2. The molecule has 30 heavy (non-hydrogen) atoms. The summed E-state index contributed by atoms with van der Waals surface area (Å²) in [6.07, 6.45) is 3.62. The van der Waals surface area contributed by atoms with Crippen molar-refractivity contribution >= 4 is 17.5 Å². The first-order chi connectivity index (χ1) is 14.2. The molecule has 1 atom stereocenters. The van der Waals surface area contributed by atoms with Crippen molar-refractivity contribution in [3.8, 4) is 0 Å². The molecule has 1 N–H and O–H groups in total. The predicted molar refractivity (Wildman–Crippen MR) is 105 cm³/mol. The molecule has 0 aromatic heterocycles. The van der Waals surface area contributed by atoms with Crippen molar-refractivity contribution < 1.29 is 22.8 Å². The molecule has 1 aromatic carbocycles. The molecule has 0 unspecified atom stereocenters. The van der Waals surface area contributed by atoms with Crippen molar-refractivity contribution in [3.05, 3.63) is 29.8 Å². The van der Waals surface area contributed by atoms with Gasteiger partial charge in [-0.1, -0.05) is 0 Å². The molecule has 5 fully saturated rings. The van der Waals surface area contributed by atoms with Gasteiger partial charge in [0.1, 0.15) is 6.04 Å². The number of hydrogen-bond acceptors (Lipinski definition) is 2. The number of rotatable bonds is 3. The second kappa shape index (κ2) is 6.99. The van der Waals surface area contributed by atoms with E-state index in [1.165, 1.54) is 31.4 Å². The third-order valence-corrected chi connectivity index (χ3v) is 7.79. The molecule has 4 nitrogen and oxygen atoms in total. The maximum absolute atomic E-state index is 13.6. The molecule has 162 valence electrons. The zero-order valence-electron chi connectivity index (χ0n) is 16.9. The summed E-state index contributed by atoms with van der Waals surface area (Å²) in [5, 5.41) is 2.72. The summed E-state index contributed by atoms with van der Waals surface area (Å²) in [7, 11) is 0. The van der Waals surface area contributed by atoms with E-state index in [4.69, 9.17) is 0 Å². The van der Waals surface area contributed by atoms with Crippen LogP contribution in [0.25, 0.3) is 0 Å². The number of amides is 2. The van der Waals surface area contributed by atoms with Gasteiger partial charge in [-0.05, 0) is 93.4 Å². The second-order valence-corrected chi connectivity index (χ2v) is 9.92. The van der Waals surface area contributed by atoms with Gasteiger partial charge < -0.3 is 10.2 Å². The monoisotopic (exact) mass is 420 g/mol.